The Hall–Kier alpha value is -3.91. The molecule has 1 aliphatic heterocycles. The van der Waals surface area contributed by atoms with Crippen LogP contribution in [0.4, 0.5) is 9.18 Å². The quantitative estimate of drug-likeness (QED) is 0.322. The van der Waals surface area contributed by atoms with Crippen molar-refractivity contribution in [2.75, 3.05) is 13.7 Å². The average Bonchev–Trinajstić information content (AvgIpc) is 3.11. The van der Waals surface area contributed by atoms with Crippen molar-refractivity contribution in [2.24, 2.45) is 0 Å². The van der Waals surface area contributed by atoms with E-state index in [9.17, 15) is 18.8 Å². The summed E-state index contributed by atoms with van der Waals surface area (Å²) < 4.78 is 24.2. The van der Waals surface area contributed by atoms with Gasteiger partial charge in [0.15, 0.2) is 17.3 Å². The van der Waals surface area contributed by atoms with Crippen molar-refractivity contribution >= 4 is 34.8 Å². The number of ether oxygens (including phenoxy) is 2. The summed E-state index contributed by atoms with van der Waals surface area (Å²) in [6.45, 7) is -0.0875. The number of imide groups is 1. The van der Waals surface area contributed by atoms with E-state index in [1.807, 2.05) is 0 Å². The topological polar surface area (TPSA) is 72.9 Å². The summed E-state index contributed by atoms with van der Waals surface area (Å²) in [7, 11) is 1.49. The molecular weight excluding hydrogens is 457 g/mol. The van der Waals surface area contributed by atoms with Gasteiger partial charge >= 0.3 is 0 Å². The molecule has 2 amide bonds. The fourth-order valence-corrected chi connectivity index (χ4v) is 4.12. The normalized spacial score (nSPS) is 14.5. The molecule has 34 heavy (non-hydrogen) atoms. The largest absolute Gasteiger partial charge is 0.493 e. The summed E-state index contributed by atoms with van der Waals surface area (Å²) in [5, 5.41) is -0.494. The van der Waals surface area contributed by atoms with Crippen molar-refractivity contribution in [3.63, 3.8) is 0 Å². The maximum absolute atomic E-state index is 13.1. The molecule has 0 unspecified atom stereocenters. The molecule has 1 aliphatic rings. The Morgan fingerprint density at radius 2 is 1.74 bits per heavy atom. The molecule has 4 rings (SSSR count). The molecule has 6 nitrogen and oxygen atoms in total. The highest BCUT2D eigenvalue weighted by atomic mass is 32.2. The van der Waals surface area contributed by atoms with Crippen LogP contribution in [-0.2, 0) is 11.4 Å². The summed E-state index contributed by atoms with van der Waals surface area (Å²) in [6, 6.07) is 19.6. The zero-order chi connectivity index (χ0) is 24.1. The number of carbonyl (C=O) groups excluding carboxylic acids is 3. The molecule has 1 fully saturated rings. The van der Waals surface area contributed by atoms with Gasteiger partial charge in [0.2, 0.25) is 0 Å². The fourth-order valence-electron chi connectivity index (χ4n) is 3.28. The van der Waals surface area contributed by atoms with Crippen LogP contribution in [0.3, 0.4) is 0 Å². The van der Waals surface area contributed by atoms with Gasteiger partial charge in [0.1, 0.15) is 12.4 Å². The van der Waals surface area contributed by atoms with Crippen LogP contribution in [0.15, 0.2) is 77.7 Å². The Labute approximate surface area is 200 Å². The van der Waals surface area contributed by atoms with Crippen LogP contribution in [0.2, 0.25) is 0 Å². The molecule has 0 aromatic heterocycles. The van der Waals surface area contributed by atoms with E-state index in [1.165, 1.54) is 19.2 Å². The van der Waals surface area contributed by atoms with Gasteiger partial charge in [-0.15, -0.1) is 0 Å². The molecule has 0 atom stereocenters. The zero-order valence-electron chi connectivity index (χ0n) is 18.2. The molecule has 0 radical (unpaired) electrons. The summed E-state index contributed by atoms with van der Waals surface area (Å²) in [4.78, 5) is 38.7. The molecule has 3 aromatic rings. The number of thioether (sulfide) groups is 1. The Morgan fingerprint density at radius 1 is 1.00 bits per heavy atom. The minimum atomic E-state index is -0.519. The smallest absolute Gasteiger partial charge is 0.293 e. The second-order valence-corrected chi connectivity index (χ2v) is 8.38. The number of Topliss-reactive ketones (excluding diaryl/α,β-unsaturated/α-hetero) is 1. The number of ketones is 1. The Bertz CT molecular complexity index is 1260. The number of amides is 2. The van der Waals surface area contributed by atoms with E-state index in [1.54, 1.807) is 66.7 Å². The van der Waals surface area contributed by atoms with Gasteiger partial charge in [-0.2, -0.15) is 0 Å². The predicted molar refractivity (Wildman–Crippen MR) is 127 cm³/mol. The number of rotatable bonds is 8. The number of hydrogen-bond donors (Lipinski definition) is 0. The number of nitrogens with zero attached hydrogens (tertiary/aromatic N) is 1. The van der Waals surface area contributed by atoms with Gasteiger partial charge in [0.25, 0.3) is 11.1 Å². The van der Waals surface area contributed by atoms with Crippen LogP contribution < -0.4 is 9.47 Å². The van der Waals surface area contributed by atoms with Crippen molar-refractivity contribution < 1.29 is 28.2 Å². The SMILES string of the molecule is COc1cc(/C=C2\SC(=O)N(CC(=O)c3ccccc3)C2=O)ccc1OCc1ccc(F)cc1. The molecule has 172 valence electrons. The lowest BCUT2D eigenvalue weighted by molar-refractivity contribution is -0.122. The summed E-state index contributed by atoms with van der Waals surface area (Å²) >= 11 is 0.784. The molecule has 0 N–H and O–H groups in total. The maximum atomic E-state index is 13.1. The molecule has 1 saturated heterocycles. The predicted octanol–water partition coefficient (Wildman–Crippen LogP) is 5.33. The number of hydrogen-bond acceptors (Lipinski definition) is 6. The van der Waals surface area contributed by atoms with E-state index in [2.05, 4.69) is 0 Å². The van der Waals surface area contributed by atoms with Crippen LogP contribution in [-0.4, -0.2) is 35.5 Å². The third-order valence-corrected chi connectivity index (χ3v) is 5.97. The van der Waals surface area contributed by atoms with Gasteiger partial charge in [-0.25, -0.2) is 4.39 Å². The van der Waals surface area contributed by atoms with E-state index in [0.717, 1.165) is 22.2 Å². The lowest BCUT2D eigenvalue weighted by atomic mass is 10.1. The van der Waals surface area contributed by atoms with E-state index >= 15 is 0 Å². The standard InChI is InChI=1S/C26H20FNO5S/c1-32-23-13-18(9-12-22(23)33-16-17-7-10-20(27)11-8-17)14-24-25(30)28(26(31)34-24)15-21(29)19-5-3-2-4-6-19/h2-14H,15-16H2,1H3/b24-14-. The Balaban J connectivity index is 1.46. The first-order valence-corrected chi connectivity index (χ1v) is 11.1. The first-order chi connectivity index (χ1) is 16.4. The van der Waals surface area contributed by atoms with Crippen molar-refractivity contribution in [1.82, 2.24) is 4.90 Å². The van der Waals surface area contributed by atoms with Crippen LogP contribution in [0.5, 0.6) is 11.5 Å². The minimum Gasteiger partial charge on any atom is -0.493 e. The van der Waals surface area contributed by atoms with Gasteiger partial charge in [0.05, 0.1) is 18.6 Å². The van der Waals surface area contributed by atoms with Gasteiger partial charge in [-0.3, -0.25) is 19.3 Å². The highest BCUT2D eigenvalue weighted by Crippen LogP contribution is 2.35. The first kappa shape index (κ1) is 23.3. The average molecular weight is 478 g/mol. The molecule has 0 spiro atoms. The number of carbonyl (C=O) groups is 3. The molecule has 0 saturated carbocycles. The van der Waals surface area contributed by atoms with Gasteiger partial charge < -0.3 is 9.47 Å². The highest BCUT2D eigenvalue weighted by molar-refractivity contribution is 8.18. The van der Waals surface area contributed by atoms with E-state index in [-0.39, 0.29) is 29.7 Å². The first-order valence-electron chi connectivity index (χ1n) is 10.3. The van der Waals surface area contributed by atoms with Crippen molar-refractivity contribution in [2.45, 2.75) is 6.61 Å². The lowest BCUT2D eigenvalue weighted by Crippen LogP contribution is -2.33. The fraction of sp³-hybridized carbons (Fsp3) is 0.115. The van der Waals surface area contributed by atoms with Crippen molar-refractivity contribution in [3.8, 4) is 11.5 Å². The molecule has 8 heteroatoms. The number of benzene rings is 3. The minimum absolute atomic E-state index is 0.216. The third kappa shape index (κ3) is 5.35. The van der Waals surface area contributed by atoms with E-state index < -0.39 is 11.1 Å². The molecule has 0 bridgehead atoms. The molecule has 0 aliphatic carbocycles. The van der Waals surface area contributed by atoms with E-state index in [4.69, 9.17) is 9.47 Å². The Morgan fingerprint density at radius 3 is 2.44 bits per heavy atom. The maximum Gasteiger partial charge on any atom is 0.293 e. The van der Waals surface area contributed by atoms with Gasteiger partial charge in [-0.05, 0) is 53.2 Å². The zero-order valence-corrected chi connectivity index (χ0v) is 19.0. The third-order valence-electron chi connectivity index (χ3n) is 5.06. The summed E-state index contributed by atoms with van der Waals surface area (Å²) in [5.41, 5.74) is 1.86. The lowest BCUT2D eigenvalue weighted by Gasteiger charge is -2.12. The van der Waals surface area contributed by atoms with Crippen molar-refractivity contribution in [3.05, 3.63) is 100 Å². The van der Waals surface area contributed by atoms with E-state index in [0.29, 0.717) is 22.6 Å². The molecular formula is C26H20FNO5S. The molecule has 3 aromatic carbocycles. The van der Waals surface area contributed by atoms with Gasteiger partial charge in [0, 0.05) is 5.56 Å². The Kier molecular flexibility index (Phi) is 7.08. The monoisotopic (exact) mass is 477 g/mol. The van der Waals surface area contributed by atoms with Crippen LogP contribution in [0, 0.1) is 5.82 Å². The van der Waals surface area contributed by atoms with Gasteiger partial charge in [-0.1, -0.05) is 48.5 Å². The highest BCUT2D eigenvalue weighted by Gasteiger charge is 2.36. The number of halogens is 1. The van der Waals surface area contributed by atoms with Crippen LogP contribution in [0.25, 0.3) is 6.08 Å². The second kappa shape index (κ2) is 10.4. The van der Waals surface area contributed by atoms with Crippen LogP contribution in [0.1, 0.15) is 21.5 Å². The molecule has 1 heterocycles. The second-order valence-electron chi connectivity index (χ2n) is 7.38. The van der Waals surface area contributed by atoms with Crippen molar-refractivity contribution in [1.29, 1.82) is 0 Å². The number of methoxy groups -OCH3 is 1. The van der Waals surface area contributed by atoms with Crippen LogP contribution >= 0.6 is 11.8 Å². The summed E-state index contributed by atoms with van der Waals surface area (Å²) in [5.74, 6) is -0.234. The summed E-state index contributed by atoms with van der Waals surface area (Å²) in [6.07, 6.45) is 1.57.